The highest BCUT2D eigenvalue weighted by Gasteiger charge is 2.33. The molecule has 1 unspecified atom stereocenters. The summed E-state index contributed by atoms with van der Waals surface area (Å²) in [5.41, 5.74) is 1.27. The zero-order valence-electron chi connectivity index (χ0n) is 15.6. The first-order valence-corrected chi connectivity index (χ1v) is 8.98. The van der Waals surface area contributed by atoms with Gasteiger partial charge in [-0.2, -0.15) is 0 Å². The van der Waals surface area contributed by atoms with E-state index in [2.05, 4.69) is 15.0 Å². The molecule has 28 heavy (non-hydrogen) atoms. The van der Waals surface area contributed by atoms with Gasteiger partial charge in [0, 0.05) is 12.1 Å². The Morgan fingerprint density at radius 3 is 2.86 bits per heavy atom. The van der Waals surface area contributed by atoms with Crippen LogP contribution in [0.15, 0.2) is 41.6 Å². The Morgan fingerprint density at radius 2 is 2.07 bits per heavy atom. The molecule has 3 heterocycles. The number of nitrogens with one attached hydrogen (secondary N) is 1. The number of pyridine rings is 1. The highest BCUT2D eigenvalue weighted by atomic mass is 16.5. The molecule has 2 aromatic heterocycles. The molecule has 8 heteroatoms. The van der Waals surface area contributed by atoms with Gasteiger partial charge in [-0.1, -0.05) is 0 Å². The van der Waals surface area contributed by atoms with Crippen LogP contribution in [0.4, 0.5) is 0 Å². The van der Waals surface area contributed by atoms with Gasteiger partial charge in [0.25, 0.3) is 11.5 Å². The van der Waals surface area contributed by atoms with Crippen LogP contribution in [0.3, 0.4) is 0 Å². The molecule has 0 bridgehead atoms. The minimum Gasteiger partial charge on any atom is -0.497 e. The van der Waals surface area contributed by atoms with Gasteiger partial charge in [-0.25, -0.2) is 9.97 Å². The Balaban J connectivity index is 1.72. The molecule has 1 aliphatic heterocycles. The number of fused-ring (bicyclic) bond motifs is 1. The molecule has 0 aliphatic carbocycles. The van der Waals surface area contributed by atoms with Crippen LogP contribution in [0.1, 0.15) is 34.9 Å². The van der Waals surface area contributed by atoms with Crippen molar-refractivity contribution < 1.29 is 14.3 Å². The van der Waals surface area contributed by atoms with Gasteiger partial charge < -0.3 is 19.4 Å². The number of ether oxygens (including phenoxy) is 2. The van der Waals surface area contributed by atoms with Crippen LogP contribution in [-0.2, 0) is 0 Å². The summed E-state index contributed by atoms with van der Waals surface area (Å²) in [6.45, 7) is 0.604. The topological polar surface area (TPSA) is 97.4 Å². The Morgan fingerprint density at radius 1 is 1.21 bits per heavy atom. The number of amides is 1. The Kier molecular flexibility index (Phi) is 4.68. The van der Waals surface area contributed by atoms with Crippen LogP contribution in [0, 0.1) is 0 Å². The number of benzene rings is 1. The van der Waals surface area contributed by atoms with Crippen molar-refractivity contribution in [2.45, 2.75) is 18.9 Å². The van der Waals surface area contributed by atoms with E-state index < -0.39 is 0 Å². The summed E-state index contributed by atoms with van der Waals surface area (Å²) < 4.78 is 10.8. The third kappa shape index (κ3) is 3.06. The van der Waals surface area contributed by atoms with E-state index in [1.807, 2.05) is 18.2 Å². The van der Waals surface area contributed by atoms with E-state index >= 15 is 0 Å². The standard InChI is InChI=1S/C20H20N4O4/c1-27-12-5-6-18(28-2)14(8-12)17-4-3-7-24(17)20(26)15-9-13-16(10-21-15)22-11-23-19(13)25/h5-6,8-11,17H,3-4,7H2,1-2H3,(H,22,23,25). The normalized spacial score (nSPS) is 16.4. The lowest BCUT2D eigenvalue weighted by atomic mass is 10.0. The summed E-state index contributed by atoms with van der Waals surface area (Å²) in [6, 6.07) is 6.92. The van der Waals surface area contributed by atoms with Crippen LogP contribution in [-0.4, -0.2) is 46.5 Å². The predicted octanol–water partition coefficient (Wildman–Crippen LogP) is 2.31. The average Bonchev–Trinajstić information content (AvgIpc) is 3.22. The fraction of sp³-hybridized carbons (Fsp3) is 0.300. The lowest BCUT2D eigenvalue weighted by Gasteiger charge is -2.26. The lowest BCUT2D eigenvalue weighted by Crippen LogP contribution is -2.31. The van der Waals surface area contributed by atoms with Gasteiger partial charge in [0.2, 0.25) is 0 Å². The second kappa shape index (κ2) is 7.30. The van der Waals surface area contributed by atoms with Crippen LogP contribution < -0.4 is 15.0 Å². The van der Waals surface area contributed by atoms with Crippen molar-refractivity contribution in [1.82, 2.24) is 19.9 Å². The molecule has 1 atom stereocenters. The van der Waals surface area contributed by atoms with Gasteiger partial charge in [0.05, 0.1) is 43.7 Å². The summed E-state index contributed by atoms with van der Waals surface area (Å²) >= 11 is 0. The zero-order chi connectivity index (χ0) is 19.7. The summed E-state index contributed by atoms with van der Waals surface area (Å²) in [5, 5.41) is 0.343. The van der Waals surface area contributed by atoms with Gasteiger partial charge in [0.1, 0.15) is 17.2 Å². The number of rotatable bonds is 4. The first kappa shape index (κ1) is 18.0. The highest BCUT2D eigenvalue weighted by Crippen LogP contribution is 2.39. The van der Waals surface area contributed by atoms with E-state index in [1.165, 1.54) is 18.6 Å². The molecule has 1 saturated heterocycles. The second-order valence-electron chi connectivity index (χ2n) is 6.58. The van der Waals surface area contributed by atoms with Crippen molar-refractivity contribution >= 4 is 16.8 Å². The van der Waals surface area contributed by atoms with Gasteiger partial charge in [-0.05, 0) is 37.1 Å². The molecular formula is C20H20N4O4. The van der Waals surface area contributed by atoms with E-state index in [9.17, 15) is 9.59 Å². The third-order valence-electron chi connectivity index (χ3n) is 5.06. The number of hydrogen-bond donors (Lipinski definition) is 1. The molecule has 1 amide bonds. The molecule has 3 aromatic rings. The van der Waals surface area contributed by atoms with Crippen LogP contribution >= 0.6 is 0 Å². The maximum atomic E-state index is 13.2. The third-order valence-corrected chi connectivity index (χ3v) is 5.06. The van der Waals surface area contributed by atoms with Crippen molar-refractivity contribution in [3.05, 3.63) is 58.4 Å². The number of carbonyl (C=O) groups is 1. The van der Waals surface area contributed by atoms with Crippen molar-refractivity contribution in [2.24, 2.45) is 0 Å². The van der Waals surface area contributed by atoms with Crippen molar-refractivity contribution in [3.63, 3.8) is 0 Å². The Hall–Kier alpha value is -3.42. The first-order chi connectivity index (χ1) is 13.6. The monoisotopic (exact) mass is 380 g/mol. The minimum atomic E-state index is -0.297. The number of H-pyrrole nitrogens is 1. The molecule has 144 valence electrons. The van der Waals surface area contributed by atoms with Gasteiger partial charge >= 0.3 is 0 Å². The number of carbonyl (C=O) groups excluding carboxylic acids is 1. The highest BCUT2D eigenvalue weighted by molar-refractivity contribution is 5.96. The largest absolute Gasteiger partial charge is 0.497 e. The van der Waals surface area contributed by atoms with Crippen molar-refractivity contribution in [2.75, 3.05) is 20.8 Å². The molecule has 0 radical (unpaired) electrons. The average molecular weight is 380 g/mol. The fourth-order valence-electron chi connectivity index (χ4n) is 3.67. The molecule has 1 fully saturated rings. The lowest BCUT2D eigenvalue weighted by molar-refractivity contribution is 0.0728. The molecule has 0 saturated carbocycles. The maximum absolute atomic E-state index is 13.2. The van der Waals surface area contributed by atoms with Crippen LogP contribution in [0.25, 0.3) is 10.9 Å². The van der Waals surface area contributed by atoms with E-state index in [4.69, 9.17) is 9.47 Å². The number of aromatic nitrogens is 3. The van der Waals surface area contributed by atoms with E-state index in [0.717, 1.165) is 18.4 Å². The second-order valence-corrected chi connectivity index (χ2v) is 6.58. The molecule has 1 aromatic carbocycles. The quantitative estimate of drug-likeness (QED) is 0.746. The molecule has 8 nitrogen and oxygen atoms in total. The molecule has 1 N–H and O–H groups in total. The van der Waals surface area contributed by atoms with Crippen LogP contribution in [0.2, 0.25) is 0 Å². The molecule has 0 spiro atoms. The SMILES string of the molecule is COc1ccc(OC)c(C2CCCN2C(=O)c2cc3c(=O)[nH]cnc3cn2)c1. The zero-order valence-corrected chi connectivity index (χ0v) is 15.6. The number of methoxy groups -OCH3 is 2. The number of aromatic amines is 1. The first-order valence-electron chi connectivity index (χ1n) is 8.98. The Bertz CT molecular complexity index is 1100. The summed E-state index contributed by atoms with van der Waals surface area (Å²) in [4.78, 5) is 37.8. The molecular weight excluding hydrogens is 360 g/mol. The smallest absolute Gasteiger partial charge is 0.272 e. The van der Waals surface area contributed by atoms with E-state index in [0.29, 0.717) is 28.9 Å². The van der Waals surface area contributed by atoms with Gasteiger partial charge in [0.15, 0.2) is 0 Å². The summed E-state index contributed by atoms with van der Waals surface area (Å²) in [7, 11) is 3.21. The van der Waals surface area contributed by atoms with E-state index in [1.54, 1.807) is 19.1 Å². The van der Waals surface area contributed by atoms with Crippen molar-refractivity contribution in [3.8, 4) is 11.5 Å². The Labute approximate surface area is 161 Å². The van der Waals surface area contributed by atoms with Gasteiger partial charge in [-0.3, -0.25) is 9.59 Å². The summed E-state index contributed by atoms with van der Waals surface area (Å²) in [6.07, 6.45) is 4.45. The van der Waals surface area contributed by atoms with Gasteiger partial charge in [-0.15, -0.1) is 0 Å². The maximum Gasteiger partial charge on any atom is 0.272 e. The van der Waals surface area contributed by atoms with Crippen molar-refractivity contribution in [1.29, 1.82) is 0 Å². The summed E-state index contributed by atoms with van der Waals surface area (Å²) in [5.74, 6) is 1.19. The number of nitrogens with zero attached hydrogens (tertiary/aromatic N) is 3. The minimum absolute atomic E-state index is 0.151. The number of likely N-dealkylation sites (tertiary alicyclic amines) is 1. The fourth-order valence-corrected chi connectivity index (χ4v) is 3.67. The molecule has 4 rings (SSSR count). The predicted molar refractivity (Wildman–Crippen MR) is 103 cm³/mol. The van der Waals surface area contributed by atoms with Crippen LogP contribution in [0.5, 0.6) is 11.5 Å². The molecule has 1 aliphatic rings. The van der Waals surface area contributed by atoms with E-state index in [-0.39, 0.29) is 23.2 Å². The number of hydrogen-bond acceptors (Lipinski definition) is 6.